The minimum absolute atomic E-state index is 0.0899. The Morgan fingerprint density at radius 3 is 2.43 bits per heavy atom. The van der Waals surface area contributed by atoms with Gasteiger partial charge in [0.15, 0.2) is 0 Å². The molecular weight excluding hydrogens is 590 g/mol. The van der Waals surface area contributed by atoms with Gasteiger partial charge in [0.1, 0.15) is 5.58 Å². The quantitative estimate of drug-likeness (QED) is 0.196. The van der Waals surface area contributed by atoms with E-state index in [-0.39, 0.29) is 11.7 Å². The lowest BCUT2D eigenvalue weighted by molar-refractivity contribution is 0.559. The van der Waals surface area contributed by atoms with Crippen molar-refractivity contribution >= 4 is 65.0 Å². The molecule has 5 aromatic rings. The van der Waals surface area contributed by atoms with E-state index >= 15 is 0 Å². The van der Waals surface area contributed by atoms with Crippen molar-refractivity contribution in [1.82, 2.24) is 4.98 Å². The first-order valence-corrected chi connectivity index (χ1v) is 13.4. The van der Waals surface area contributed by atoms with Gasteiger partial charge in [0, 0.05) is 31.7 Å². The monoisotopic (exact) mass is 605 g/mol. The van der Waals surface area contributed by atoms with E-state index in [4.69, 9.17) is 14.5 Å². The molecule has 1 aliphatic rings. The van der Waals surface area contributed by atoms with Crippen molar-refractivity contribution in [1.29, 1.82) is 0 Å². The van der Waals surface area contributed by atoms with E-state index in [1.165, 1.54) is 11.3 Å². The standard InChI is InChI=1S/C27H17Br2N3O2S/c28-19-9-5-16(6-10-19)23-15-35-27(30-23)32-24(17-7-11-20(29)12-8-17)14-22(31-32)21-13-18-3-1-2-4-25(18)34-26(21)33/h1-13,15,24H,14H2. The number of rotatable bonds is 4. The Kier molecular flexibility index (Phi) is 5.88. The number of halogens is 2. The molecule has 3 heterocycles. The molecule has 0 amide bonds. The van der Waals surface area contributed by atoms with E-state index in [0.717, 1.165) is 36.3 Å². The van der Waals surface area contributed by atoms with Gasteiger partial charge < -0.3 is 4.42 Å². The minimum atomic E-state index is -0.381. The van der Waals surface area contributed by atoms with Crippen LogP contribution >= 0.6 is 43.2 Å². The fourth-order valence-electron chi connectivity index (χ4n) is 4.18. The number of fused-ring (bicyclic) bond motifs is 1. The predicted molar refractivity (Wildman–Crippen MR) is 148 cm³/mol. The van der Waals surface area contributed by atoms with Gasteiger partial charge in [0.25, 0.3) is 0 Å². The van der Waals surface area contributed by atoms with Gasteiger partial charge >= 0.3 is 5.63 Å². The molecule has 6 rings (SSSR count). The SMILES string of the molecule is O=c1oc2ccccc2cc1C1=NN(c2nc(-c3ccc(Br)cc3)cs2)C(c2ccc(Br)cc2)C1. The molecule has 0 spiro atoms. The molecule has 1 unspecified atom stereocenters. The molecule has 0 aliphatic carbocycles. The molecule has 0 radical (unpaired) electrons. The molecule has 3 aromatic carbocycles. The van der Waals surface area contributed by atoms with E-state index in [1.54, 1.807) is 6.07 Å². The lowest BCUT2D eigenvalue weighted by atomic mass is 9.99. The average molecular weight is 607 g/mol. The largest absolute Gasteiger partial charge is 0.422 e. The highest BCUT2D eigenvalue weighted by molar-refractivity contribution is 9.10. The summed E-state index contributed by atoms with van der Waals surface area (Å²) in [6.07, 6.45) is 0.567. The molecule has 1 atom stereocenters. The number of aromatic nitrogens is 1. The third kappa shape index (κ3) is 4.37. The Bertz CT molecular complexity index is 1630. The molecule has 0 N–H and O–H groups in total. The topological polar surface area (TPSA) is 58.7 Å². The second-order valence-corrected chi connectivity index (χ2v) is 10.8. The van der Waals surface area contributed by atoms with E-state index in [9.17, 15) is 4.79 Å². The fourth-order valence-corrected chi connectivity index (χ4v) is 5.54. The second-order valence-electron chi connectivity index (χ2n) is 8.17. The first-order valence-electron chi connectivity index (χ1n) is 10.9. The van der Waals surface area contributed by atoms with Crippen molar-refractivity contribution in [2.75, 3.05) is 5.01 Å². The van der Waals surface area contributed by atoms with Gasteiger partial charge in [-0.3, -0.25) is 0 Å². The molecular formula is C27H17Br2N3O2S. The van der Waals surface area contributed by atoms with Crippen molar-refractivity contribution < 1.29 is 4.42 Å². The summed E-state index contributed by atoms with van der Waals surface area (Å²) in [7, 11) is 0. The highest BCUT2D eigenvalue weighted by atomic mass is 79.9. The second kappa shape index (κ2) is 9.18. The highest BCUT2D eigenvalue weighted by Gasteiger charge is 2.33. The van der Waals surface area contributed by atoms with Crippen LogP contribution in [0.25, 0.3) is 22.2 Å². The first kappa shape index (κ1) is 22.4. The summed E-state index contributed by atoms with van der Waals surface area (Å²) < 4.78 is 7.63. The zero-order chi connectivity index (χ0) is 23.9. The molecule has 35 heavy (non-hydrogen) atoms. The number of hydrogen-bond donors (Lipinski definition) is 0. The Balaban J connectivity index is 1.43. The van der Waals surface area contributed by atoms with Crippen LogP contribution in [0.5, 0.6) is 0 Å². The van der Waals surface area contributed by atoms with Crippen LogP contribution in [-0.2, 0) is 0 Å². The van der Waals surface area contributed by atoms with Crippen molar-refractivity contribution in [3.63, 3.8) is 0 Å². The molecule has 1 aliphatic heterocycles. The number of para-hydroxylation sites is 1. The molecule has 8 heteroatoms. The van der Waals surface area contributed by atoms with Crippen LogP contribution in [-0.4, -0.2) is 10.7 Å². The lowest BCUT2D eigenvalue weighted by Gasteiger charge is -2.21. The fraction of sp³-hybridized carbons (Fsp3) is 0.0741. The zero-order valence-corrected chi connectivity index (χ0v) is 22.2. The van der Waals surface area contributed by atoms with Gasteiger partial charge in [-0.1, -0.05) is 74.3 Å². The molecule has 2 aromatic heterocycles. The van der Waals surface area contributed by atoms with Crippen LogP contribution in [0.15, 0.2) is 108 Å². The maximum absolute atomic E-state index is 12.9. The molecule has 172 valence electrons. The van der Waals surface area contributed by atoms with Crippen molar-refractivity contribution in [2.45, 2.75) is 12.5 Å². The number of hydrazone groups is 1. The molecule has 0 fully saturated rings. The normalized spacial score (nSPS) is 15.5. The summed E-state index contributed by atoms with van der Waals surface area (Å²) in [6, 6.07) is 25.6. The maximum atomic E-state index is 12.9. The van der Waals surface area contributed by atoms with E-state index in [2.05, 4.69) is 44.0 Å². The predicted octanol–water partition coefficient (Wildman–Crippen LogP) is 7.80. The Morgan fingerprint density at radius 1 is 0.943 bits per heavy atom. The third-order valence-corrected chi connectivity index (χ3v) is 7.83. The molecule has 5 nitrogen and oxygen atoms in total. The summed E-state index contributed by atoms with van der Waals surface area (Å²) >= 11 is 8.54. The third-order valence-electron chi connectivity index (χ3n) is 5.95. The number of hydrogen-bond acceptors (Lipinski definition) is 6. The van der Waals surface area contributed by atoms with Gasteiger partial charge in [-0.15, -0.1) is 11.3 Å². The van der Waals surface area contributed by atoms with Crippen LogP contribution in [0.4, 0.5) is 5.13 Å². The summed E-state index contributed by atoms with van der Waals surface area (Å²) in [4.78, 5) is 17.8. The highest BCUT2D eigenvalue weighted by Crippen LogP contribution is 2.39. The first-order chi connectivity index (χ1) is 17.0. The average Bonchev–Trinajstić information content (AvgIpc) is 3.52. The Hall–Kier alpha value is -3.07. The van der Waals surface area contributed by atoms with Crippen molar-refractivity contribution in [3.8, 4) is 11.3 Å². The van der Waals surface area contributed by atoms with E-state index < -0.39 is 0 Å². The summed E-state index contributed by atoms with van der Waals surface area (Å²) in [5.41, 5.74) is 4.39. The van der Waals surface area contributed by atoms with E-state index in [1.807, 2.05) is 71.1 Å². The van der Waals surface area contributed by atoms with Crippen LogP contribution in [0, 0.1) is 0 Å². The van der Waals surface area contributed by atoms with Gasteiger partial charge in [-0.05, 0) is 42.0 Å². The van der Waals surface area contributed by atoms with Gasteiger partial charge in [0.05, 0.1) is 23.0 Å². The van der Waals surface area contributed by atoms with Gasteiger partial charge in [0.2, 0.25) is 5.13 Å². The van der Waals surface area contributed by atoms with Gasteiger partial charge in [-0.25, -0.2) is 14.8 Å². The summed E-state index contributed by atoms with van der Waals surface area (Å²) in [5.74, 6) is 0. The van der Waals surface area contributed by atoms with Crippen LogP contribution in [0.1, 0.15) is 23.6 Å². The van der Waals surface area contributed by atoms with E-state index in [0.29, 0.717) is 23.3 Å². The van der Waals surface area contributed by atoms with Gasteiger partial charge in [-0.2, -0.15) is 5.10 Å². The number of nitrogens with zero attached hydrogens (tertiary/aromatic N) is 3. The summed E-state index contributed by atoms with van der Waals surface area (Å²) in [6.45, 7) is 0. The molecule has 0 saturated carbocycles. The summed E-state index contributed by atoms with van der Waals surface area (Å²) in [5, 5.41) is 10.5. The zero-order valence-electron chi connectivity index (χ0n) is 18.2. The maximum Gasteiger partial charge on any atom is 0.345 e. The van der Waals surface area contributed by atoms with Crippen LogP contribution in [0.3, 0.4) is 0 Å². The number of anilines is 1. The smallest absolute Gasteiger partial charge is 0.345 e. The number of benzene rings is 3. The van der Waals surface area contributed by atoms with Crippen molar-refractivity contribution in [3.05, 3.63) is 115 Å². The van der Waals surface area contributed by atoms with Crippen LogP contribution < -0.4 is 10.6 Å². The molecule has 0 saturated heterocycles. The number of thiazole rings is 1. The minimum Gasteiger partial charge on any atom is -0.422 e. The van der Waals surface area contributed by atoms with Crippen molar-refractivity contribution in [2.24, 2.45) is 5.10 Å². The Labute approximate surface area is 222 Å². The molecule has 0 bridgehead atoms. The Morgan fingerprint density at radius 2 is 1.66 bits per heavy atom. The van der Waals surface area contributed by atoms with Crippen LogP contribution in [0.2, 0.25) is 0 Å². The lowest BCUT2D eigenvalue weighted by Crippen LogP contribution is -2.18.